The van der Waals surface area contributed by atoms with E-state index >= 15 is 0 Å². The van der Waals surface area contributed by atoms with Crippen LogP contribution in [-0.4, -0.2) is 7.11 Å². The fraction of sp³-hybridized carbons (Fsp3) is 0.455. The van der Waals surface area contributed by atoms with Crippen LogP contribution in [0.3, 0.4) is 0 Å². The van der Waals surface area contributed by atoms with Gasteiger partial charge in [0.15, 0.2) is 0 Å². The van der Waals surface area contributed by atoms with Crippen LogP contribution >= 0.6 is 0 Å². The number of rotatable bonds is 1. The molecule has 2 N–H and O–H groups in total. The van der Waals surface area contributed by atoms with E-state index in [9.17, 15) is 0 Å². The number of hydrogen-bond donors (Lipinski definition) is 1. The molecule has 1 rings (SSSR count). The van der Waals surface area contributed by atoms with Gasteiger partial charge in [0.2, 0.25) is 0 Å². The first-order valence-corrected chi connectivity index (χ1v) is 4.56. The molecule has 0 aliphatic carbocycles. The van der Waals surface area contributed by atoms with Crippen molar-refractivity contribution in [1.29, 1.82) is 0 Å². The summed E-state index contributed by atoms with van der Waals surface area (Å²) in [7, 11) is 1.66. The first kappa shape index (κ1) is 11.8. The number of hydrogen-bond acceptors (Lipinski definition) is 2. The van der Waals surface area contributed by atoms with Crippen molar-refractivity contribution >= 4 is 5.69 Å². The number of anilines is 1. The van der Waals surface area contributed by atoms with Crippen LogP contribution in [0.2, 0.25) is 0 Å². The molecule has 0 heterocycles. The second kappa shape index (κ2) is 5.46. The van der Waals surface area contributed by atoms with Gasteiger partial charge in [-0.3, -0.25) is 0 Å². The van der Waals surface area contributed by atoms with Crippen molar-refractivity contribution in [2.24, 2.45) is 0 Å². The summed E-state index contributed by atoms with van der Waals surface area (Å²) >= 11 is 0. The van der Waals surface area contributed by atoms with E-state index in [1.165, 1.54) is 0 Å². The van der Waals surface area contributed by atoms with Gasteiger partial charge in [0, 0.05) is 5.69 Å². The summed E-state index contributed by atoms with van der Waals surface area (Å²) in [4.78, 5) is 0. The van der Waals surface area contributed by atoms with Crippen LogP contribution in [0.15, 0.2) is 12.1 Å². The number of aryl methyl sites for hydroxylation is 2. The van der Waals surface area contributed by atoms with Crippen molar-refractivity contribution < 1.29 is 4.74 Å². The zero-order valence-corrected chi connectivity index (χ0v) is 9.14. The van der Waals surface area contributed by atoms with Gasteiger partial charge >= 0.3 is 0 Å². The number of benzene rings is 1. The molecule has 13 heavy (non-hydrogen) atoms. The zero-order chi connectivity index (χ0) is 10.4. The summed E-state index contributed by atoms with van der Waals surface area (Å²) in [5, 5.41) is 0. The zero-order valence-electron chi connectivity index (χ0n) is 9.14. The Balaban J connectivity index is 0.000000671. The molecule has 1 aromatic carbocycles. The normalized spacial score (nSPS) is 8.69. The topological polar surface area (TPSA) is 35.2 Å². The summed E-state index contributed by atoms with van der Waals surface area (Å²) in [5.74, 6) is 0.870. The molecule has 0 saturated heterocycles. The molecule has 0 amide bonds. The number of nitrogen functional groups attached to an aromatic ring is 1. The first-order valence-electron chi connectivity index (χ1n) is 4.56. The second-order valence-corrected chi connectivity index (χ2v) is 2.67. The minimum Gasteiger partial charge on any atom is -0.497 e. The van der Waals surface area contributed by atoms with Crippen LogP contribution in [0.25, 0.3) is 0 Å². The lowest BCUT2D eigenvalue weighted by atomic mass is 10.1. The maximum absolute atomic E-state index is 5.75. The molecule has 1 aromatic rings. The maximum Gasteiger partial charge on any atom is 0.119 e. The highest BCUT2D eigenvalue weighted by molar-refractivity contribution is 5.55. The Hall–Kier alpha value is -1.18. The highest BCUT2D eigenvalue weighted by Gasteiger charge is 2.00. The highest BCUT2D eigenvalue weighted by Crippen LogP contribution is 2.22. The van der Waals surface area contributed by atoms with Gasteiger partial charge in [0.25, 0.3) is 0 Å². The van der Waals surface area contributed by atoms with Gasteiger partial charge in [0.1, 0.15) is 5.75 Å². The Morgan fingerprint density at radius 3 is 1.77 bits per heavy atom. The van der Waals surface area contributed by atoms with Crippen molar-refractivity contribution in [3.05, 3.63) is 23.3 Å². The van der Waals surface area contributed by atoms with Crippen molar-refractivity contribution in [3.8, 4) is 5.75 Å². The highest BCUT2D eigenvalue weighted by atomic mass is 16.5. The summed E-state index contributed by atoms with van der Waals surface area (Å²) in [5.41, 5.74) is 8.74. The lowest BCUT2D eigenvalue weighted by molar-refractivity contribution is 0.414. The molecular weight excluding hydrogens is 162 g/mol. The molecule has 0 saturated carbocycles. The van der Waals surface area contributed by atoms with Crippen molar-refractivity contribution in [1.82, 2.24) is 0 Å². The van der Waals surface area contributed by atoms with E-state index in [-0.39, 0.29) is 0 Å². The first-order chi connectivity index (χ1) is 6.15. The van der Waals surface area contributed by atoms with Gasteiger partial charge in [-0.05, 0) is 37.1 Å². The molecule has 74 valence electrons. The van der Waals surface area contributed by atoms with Crippen LogP contribution in [0.5, 0.6) is 5.75 Å². The van der Waals surface area contributed by atoms with Gasteiger partial charge in [-0.1, -0.05) is 13.8 Å². The second-order valence-electron chi connectivity index (χ2n) is 2.67. The molecule has 2 heteroatoms. The molecule has 0 atom stereocenters. The Bertz CT molecular complexity index is 246. The van der Waals surface area contributed by atoms with E-state index in [2.05, 4.69) is 0 Å². The summed E-state index contributed by atoms with van der Waals surface area (Å²) in [6, 6.07) is 3.87. The molecule has 0 aliphatic rings. The number of ether oxygens (including phenoxy) is 1. The van der Waals surface area contributed by atoms with Crippen LogP contribution in [-0.2, 0) is 0 Å². The molecule has 0 aromatic heterocycles. The maximum atomic E-state index is 5.75. The number of nitrogens with two attached hydrogens (primary N) is 1. The monoisotopic (exact) mass is 181 g/mol. The third-order valence-electron chi connectivity index (χ3n) is 1.80. The lowest BCUT2D eigenvalue weighted by Crippen LogP contribution is -1.94. The average Bonchev–Trinajstić information content (AvgIpc) is 2.16. The van der Waals surface area contributed by atoms with Crippen LogP contribution in [0.4, 0.5) is 5.69 Å². The molecule has 2 nitrogen and oxygen atoms in total. The Kier molecular flexibility index (Phi) is 4.97. The fourth-order valence-electron chi connectivity index (χ4n) is 1.05. The van der Waals surface area contributed by atoms with E-state index in [0.717, 1.165) is 22.6 Å². The lowest BCUT2D eigenvalue weighted by Gasteiger charge is -2.06. The molecule has 0 fully saturated rings. The molecule has 0 aliphatic heterocycles. The number of methoxy groups -OCH3 is 1. The third-order valence-corrected chi connectivity index (χ3v) is 1.80. The average molecular weight is 181 g/mol. The van der Waals surface area contributed by atoms with Gasteiger partial charge in [-0.2, -0.15) is 0 Å². The largest absolute Gasteiger partial charge is 0.497 e. The van der Waals surface area contributed by atoms with E-state index in [4.69, 9.17) is 10.5 Å². The predicted molar refractivity (Wildman–Crippen MR) is 58.2 cm³/mol. The van der Waals surface area contributed by atoms with Gasteiger partial charge in [-0.15, -0.1) is 0 Å². The fourth-order valence-corrected chi connectivity index (χ4v) is 1.05. The quantitative estimate of drug-likeness (QED) is 0.676. The van der Waals surface area contributed by atoms with Crippen molar-refractivity contribution in [3.63, 3.8) is 0 Å². The van der Waals surface area contributed by atoms with Gasteiger partial charge in [0.05, 0.1) is 7.11 Å². The van der Waals surface area contributed by atoms with E-state index in [1.807, 2.05) is 39.8 Å². The van der Waals surface area contributed by atoms with Crippen LogP contribution in [0, 0.1) is 13.8 Å². The molecular formula is C11H19NO. The molecule has 0 unspecified atom stereocenters. The molecule has 0 bridgehead atoms. The van der Waals surface area contributed by atoms with Crippen LogP contribution < -0.4 is 10.5 Å². The standard InChI is InChI=1S/C9H13NO.C2H6/c1-6-4-8(11-3)5-7(2)9(6)10;1-2/h4-5H,10H2,1-3H3;1-2H3. The SMILES string of the molecule is CC.COc1cc(C)c(N)c(C)c1. The summed E-state index contributed by atoms with van der Waals surface area (Å²) in [6.45, 7) is 7.95. The summed E-state index contributed by atoms with van der Waals surface area (Å²) < 4.78 is 5.08. The minimum atomic E-state index is 0.853. The Morgan fingerprint density at radius 2 is 1.46 bits per heavy atom. The van der Waals surface area contributed by atoms with Crippen molar-refractivity contribution in [2.45, 2.75) is 27.7 Å². The summed E-state index contributed by atoms with van der Waals surface area (Å²) in [6.07, 6.45) is 0. The Morgan fingerprint density at radius 1 is 1.08 bits per heavy atom. The molecule has 0 spiro atoms. The third kappa shape index (κ3) is 2.98. The van der Waals surface area contributed by atoms with E-state index in [1.54, 1.807) is 7.11 Å². The van der Waals surface area contributed by atoms with Gasteiger partial charge < -0.3 is 10.5 Å². The van der Waals surface area contributed by atoms with E-state index in [0.29, 0.717) is 0 Å². The van der Waals surface area contributed by atoms with Crippen LogP contribution in [0.1, 0.15) is 25.0 Å². The smallest absolute Gasteiger partial charge is 0.119 e. The predicted octanol–water partition coefficient (Wildman–Crippen LogP) is 2.92. The van der Waals surface area contributed by atoms with Gasteiger partial charge in [-0.25, -0.2) is 0 Å². The van der Waals surface area contributed by atoms with E-state index < -0.39 is 0 Å². The Labute approximate surface area is 80.7 Å². The molecule has 0 radical (unpaired) electrons. The van der Waals surface area contributed by atoms with Crippen molar-refractivity contribution in [2.75, 3.05) is 12.8 Å². The minimum absolute atomic E-state index is 0.853.